The molecule has 0 saturated heterocycles. The number of nitrogens with zero attached hydrogens (tertiary/aromatic N) is 1. The highest BCUT2D eigenvalue weighted by atomic mass is 16.6. The molecule has 74 valence electrons. The van der Waals surface area contributed by atoms with Gasteiger partial charge >= 0.3 is 5.97 Å². The van der Waals surface area contributed by atoms with E-state index in [1.807, 2.05) is 0 Å². The number of nitro groups is 1. The van der Waals surface area contributed by atoms with Gasteiger partial charge < -0.3 is 5.11 Å². The summed E-state index contributed by atoms with van der Waals surface area (Å²) >= 11 is 0. The smallest absolute Gasteiger partial charge is 0.342 e. The second-order valence-corrected chi connectivity index (χ2v) is 2.94. The number of allylic oxidation sites excluding steroid dienone is 4. The van der Waals surface area contributed by atoms with E-state index in [1.54, 1.807) is 13.0 Å². The van der Waals surface area contributed by atoms with E-state index >= 15 is 0 Å². The maximum Gasteiger partial charge on any atom is 0.342 e. The summed E-state index contributed by atoms with van der Waals surface area (Å²) in [5.74, 6) is -1.39. The van der Waals surface area contributed by atoms with Crippen molar-refractivity contribution in [3.8, 4) is 0 Å². The Balaban J connectivity index is 3.19. The summed E-state index contributed by atoms with van der Waals surface area (Å²) in [5, 5.41) is 19.3. The van der Waals surface area contributed by atoms with Gasteiger partial charge in [0.05, 0.1) is 4.92 Å². The average molecular weight is 195 g/mol. The van der Waals surface area contributed by atoms with Crippen LogP contribution in [0.15, 0.2) is 35.6 Å². The minimum atomic E-state index is -1.27. The van der Waals surface area contributed by atoms with Crippen molar-refractivity contribution in [2.45, 2.75) is 6.92 Å². The minimum Gasteiger partial charge on any atom is -0.477 e. The topological polar surface area (TPSA) is 80.4 Å². The lowest BCUT2D eigenvalue weighted by atomic mass is 10.1. The fourth-order valence-corrected chi connectivity index (χ4v) is 1.16. The van der Waals surface area contributed by atoms with Crippen LogP contribution < -0.4 is 0 Å². The van der Waals surface area contributed by atoms with Crippen LogP contribution in [0, 0.1) is 16.0 Å². The van der Waals surface area contributed by atoms with Crippen LogP contribution >= 0.6 is 0 Å². The molecular weight excluding hydrogens is 186 g/mol. The first-order valence-corrected chi connectivity index (χ1v) is 4.00. The van der Waals surface area contributed by atoms with E-state index in [4.69, 9.17) is 5.11 Å². The molecule has 1 unspecified atom stereocenters. The molecule has 1 aliphatic carbocycles. The molecule has 0 aromatic heterocycles. The number of carbonyl (C=O) groups is 1. The maximum atomic E-state index is 10.7. The molecule has 0 radical (unpaired) electrons. The lowest BCUT2D eigenvalue weighted by Crippen LogP contribution is -2.10. The van der Waals surface area contributed by atoms with Crippen molar-refractivity contribution in [3.05, 3.63) is 45.7 Å². The van der Waals surface area contributed by atoms with E-state index in [9.17, 15) is 14.9 Å². The van der Waals surface area contributed by atoms with Gasteiger partial charge in [0, 0.05) is 6.08 Å². The number of hydrogen-bond donors (Lipinski definition) is 1. The Bertz CT molecular complexity index is 365. The highest BCUT2D eigenvalue weighted by molar-refractivity contribution is 5.91. The Morgan fingerprint density at radius 2 is 2.29 bits per heavy atom. The normalized spacial score (nSPS) is 20.8. The lowest BCUT2D eigenvalue weighted by molar-refractivity contribution is -0.420. The van der Waals surface area contributed by atoms with Crippen molar-refractivity contribution < 1.29 is 14.8 Å². The summed E-state index contributed by atoms with van der Waals surface area (Å²) in [6.07, 6.45) is 5.75. The van der Waals surface area contributed by atoms with Gasteiger partial charge in [0.1, 0.15) is 5.57 Å². The molecule has 0 spiro atoms. The molecule has 0 saturated carbocycles. The van der Waals surface area contributed by atoms with Crippen LogP contribution in [0.1, 0.15) is 6.92 Å². The Morgan fingerprint density at radius 1 is 1.64 bits per heavy atom. The predicted molar refractivity (Wildman–Crippen MR) is 49.1 cm³/mol. The number of hydrogen-bond acceptors (Lipinski definition) is 3. The molecule has 1 N–H and O–H groups in total. The van der Waals surface area contributed by atoms with Gasteiger partial charge in [-0.2, -0.15) is 0 Å². The Hall–Kier alpha value is -1.91. The van der Waals surface area contributed by atoms with E-state index in [1.165, 1.54) is 18.2 Å². The predicted octanol–water partition coefficient (Wildman–Crippen LogP) is 1.36. The van der Waals surface area contributed by atoms with Crippen LogP contribution in [0.25, 0.3) is 0 Å². The summed E-state index contributed by atoms with van der Waals surface area (Å²) in [7, 11) is 0. The van der Waals surface area contributed by atoms with Crippen LogP contribution in [0.4, 0.5) is 0 Å². The van der Waals surface area contributed by atoms with Crippen molar-refractivity contribution in [2.75, 3.05) is 0 Å². The molecule has 14 heavy (non-hydrogen) atoms. The molecule has 1 aliphatic rings. The summed E-state index contributed by atoms with van der Waals surface area (Å²) in [6, 6.07) is 0. The lowest BCUT2D eigenvalue weighted by Gasteiger charge is -1.99. The molecule has 0 aromatic rings. The van der Waals surface area contributed by atoms with Gasteiger partial charge in [-0.25, -0.2) is 4.79 Å². The third-order valence-corrected chi connectivity index (χ3v) is 1.80. The summed E-state index contributed by atoms with van der Waals surface area (Å²) in [6.45, 7) is 1.76. The second kappa shape index (κ2) is 3.87. The third kappa shape index (κ3) is 2.07. The van der Waals surface area contributed by atoms with E-state index in [0.717, 1.165) is 0 Å². The minimum absolute atomic E-state index is 0.116. The van der Waals surface area contributed by atoms with Gasteiger partial charge in [-0.15, -0.1) is 0 Å². The SMILES string of the molecule is CC1C=CC=C([N+](=O)[O-])C(C(=O)O)=C1. The van der Waals surface area contributed by atoms with Gasteiger partial charge in [-0.05, 0) is 5.92 Å². The molecule has 0 aliphatic heterocycles. The zero-order valence-corrected chi connectivity index (χ0v) is 7.51. The molecule has 5 nitrogen and oxygen atoms in total. The van der Waals surface area contributed by atoms with E-state index in [0.29, 0.717) is 0 Å². The highest BCUT2D eigenvalue weighted by Crippen LogP contribution is 2.18. The molecular formula is C9H9NO4. The number of rotatable bonds is 2. The Labute approximate surface area is 80.2 Å². The molecule has 1 rings (SSSR count). The molecule has 5 heteroatoms. The van der Waals surface area contributed by atoms with Gasteiger partial charge in [-0.3, -0.25) is 10.1 Å². The van der Waals surface area contributed by atoms with Crippen molar-refractivity contribution in [2.24, 2.45) is 5.92 Å². The van der Waals surface area contributed by atoms with E-state index < -0.39 is 10.9 Å². The third-order valence-electron chi connectivity index (χ3n) is 1.80. The van der Waals surface area contributed by atoms with Crippen molar-refractivity contribution >= 4 is 5.97 Å². The summed E-state index contributed by atoms with van der Waals surface area (Å²) < 4.78 is 0. The fraction of sp³-hybridized carbons (Fsp3) is 0.222. The fourth-order valence-electron chi connectivity index (χ4n) is 1.16. The number of carboxylic acid groups (broad SMARTS) is 1. The van der Waals surface area contributed by atoms with E-state index in [-0.39, 0.29) is 17.2 Å². The Morgan fingerprint density at radius 3 is 2.79 bits per heavy atom. The molecule has 1 atom stereocenters. The van der Waals surface area contributed by atoms with Gasteiger partial charge in [-0.1, -0.05) is 25.2 Å². The second-order valence-electron chi connectivity index (χ2n) is 2.94. The molecule has 0 amide bonds. The first-order valence-electron chi connectivity index (χ1n) is 4.00. The monoisotopic (exact) mass is 195 g/mol. The molecule has 0 heterocycles. The maximum absolute atomic E-state index is 10.7. The summed E-state index contributed by atoms with van der Waals surface area (Å²) in [4.78, 5) is 20.6. The highest BCUT2D eigenvalue weighted by Gasteiger charge is 2.24. The quantitative estimate of drug-likeness (QED) is 0.532. The van der Waals surface area contributed by atoms with Gasteiger partial charge in [0.25, 0.3) is 5.70 Å². The summed E-state index contributed by atoms with van der Waals surface area (Å²) in [5.41, 5.74) is -0.634. The molecule has 0 aromatic carbocycles. The van der Waals surface area contributed by atoms with Crippen LogP contribution in [0.3, 0.4) is 0 Å². The van der Waals surface area contributed by atoms with Crippen LogP contribution in [0.2, 0.25) is 0 Å². The first kappa shape index (κ1) is 10.2. The van der Waals surface area contributed by atoms with Crippen LogP contribution in [-0.4, -0.2) is 16.0 Å². The Kier molecular flexibility index (Phi) is 2.81. The van der Waals surface area contributed by atoms with Crippen LogP contribution in [-0.2, 0) is 4.79 Å². The number of carboxylic acids is 1. The first-order chi connectivity index (χ1) is 6.52. The van der Waals surface area contributed by atoms with Crippen LogP contribution in [0.5, 0.6) is 0 Å². The van der Waals surface area contributed by atoms with Crippen molar-refractivity contribution in [3.63, 3.8) is 0 Å². The molecule has 0 bridgehead atoms. The zero-order valence-electron chi connectivity index (χ0n) is 7.51. The number of aliphatic carboxylic acids is 1. The molecule has 0 fully saturated rings. The van der Waals surface area contributed by atoms with Gasteiger partial charge in [0.2, 0.25) is 0 Å². The van der Waals surface area contributed by atoms with Crippen molar-refractivity contribution in [1.29, 1.82) is 0 Å². The largest absolute Gasteiger partial charge is 0.477 e. The average Bonchev–Trinajstić information content (AvgIpc) is 2.26. The standard InChI is InChI=1S/C9H9NO4/c1-6-3-2-4-8(10(13)14)7(5-6)9(11)12/h2-6H,1H3,(H,11,12). The van der Waals surface area contributed by atoms with Crippen molar-refractivity contribution in [1.82, 2.24) is 0 Å². The van der Waals surface area contributed by atoms with Gasteiger partial charge in [0.15, 0.2) is 0 Å². The van der Waals surface area contributed by atoms with E-state index in [2.05, 4.69) is 0 Å². The zero-order chi connectivity index (χ0) is 10.7.